The molecule has 0 radical (unpaired) electrons. The molecule has 84 valence electrons. The Morgan fingerprint density at radius 2 is 1.86 bits per heavy atom. The molecule has 0 aliphatic heterocycles. The third-order valence-electron chi connectivity index (χ3n) is 3.21. The normalized spacial score (nSPS) is 14.0. The number of hydrogen-bond acceptors (Lipinski definition) is 0. The summed E-state index contributed by atoms with van der Waals surface area (Å²) in [6.07, 6.45) is 10.1. The van der Waals surface area contributed by atoms with Crippen molar-refractivity contribution in [1.82, 2.24) is 0 Å². The van der Waals surface area contributed by atoms with E-state index in [2.05, 4.69) is 40.3 Å². The SMILES string of the molecule is C=CC(CC)CCCC(C)(C)CCC. The smallest absolute Gasteiger partial charge is 0.0239 e. The minimum atomic E-state index is 0.550. The van der Waals surface area contributed by atoms with Crippen LogP contribution in [-0.2, 0) is 0 Å². The van der Waals surface area contributed by atoms with Gasteiger partial charge < -0.3 is 0 Å². The average molecular weight is 196 g/mol. The summed E-state index contributed by atoms with van der Waals surface area (Å²) in [6.45, 7) is 13.2. The summed E-state index contributed by atoms with van der Waals surface area (Å²) in [6, 6.07) is 0. The van der Waals surface area contributed by atoms with Gasteiger partial charge in [0.2, 0.25) is 0 Å². The van der Waals surface area contributed by atoms with Crippen LogP contribution in [0.5, 0.6) is 0 Å². The van der Waals surface area contributed by atoms with Crippen LogP contribution in [0.4, 0.5) is 0 Å². The number of rotatable bonds is 8. The lowest BCUT2D eigenvalue weighted by atomic mass is 9.82. The first-order valence-corrected chi connectivity index (χ1v) is 6.18. The van der Waals surface area contributed by atoms with E-state index in [1.54, 1.807) is 0 Å². The van der Waals surface area contributed by atoms with Crippen LogP contribution in [0.3, 0.4) is 0 Å². The van der Waals surface area contributed by atoms with Crippen molar-refractivity contribution in [3.63, 3.8) is 0 Å². The summed E-state index contributed by atoms with van der Waals surface area (Å²) < 4.78 is 0. The molecule has 0 aromatic carbocycles. The monoisotopic (exact) mass is 196 g/mol. The Morgan fingerprint density at radius 1 is 1.21 bits per heavy atom. The predicted molar refractivity (Wildman–Crippen MR) is 66.5 cm³/mol. The molecule has 0 aliphatic rings. The highest BCUT2D eigenvalue weighted by molar-refractivity contribution is 4.78. The molecule has 0 bridgehead atoms. The first-order valence-electron chi connectivity index (χ1n) is 6.18. The molecule has 0 heteroatoms. The van der Waals surface area contributed by atoms with Crippen LogP contribution in [0, 0.1) is 11.3 Å². The van der Waals surface area contributed by atoms with Crippen molar-refractivity contribution in [3.05, 3.63) is 12.7 Å². The Kier molecular flexibility index (Phi) is 6.96. The van der Waals surface area contributed by atoms with Gasteiger partial charge in [0.1, 0.15) is 0 Å². The predicted octanol–water partition coefficient (Wildman–Crippen LogP) is 5.20. The fourth-order valence-corrected chi connectivity index (χ4v) is 2.13. The van der Waals surface area contributed by atoms with E-state index in [1.165, 1.54) is 38.5 Å². The summed E-state index contributed by atoms with van der Waals surface area (Å²) >= 11 is 0. The topological polar surface area (TPSA) is 0 Å². The van der Waals surface area contributed by atoms with Gasteiger partial charge in [0.25, 0.3) is 0 Å². The largest absolute Gasteiger partial charge is 0.103 e. The standard InChI is InChI=1S/C14H28/c1-6-11-14(4,5)12-9-10-13(7-2)8-3/h7,13H,2,6,8-12H2,1,3-5H3. The fraction of sp³-hybridized carbons (Fsp3) is 0.857. The Bertz CT molecular complexity index is 144. The van der Waals surface area contributed by atoms with Crippen molar-refractivity contribution >= 4 is 0 Å². The Balaban J connectivity index is 3.66. The molecule has 0 amide bonds. The molecule has 0 fully saturated rings. The van der Waals surface area contributed by atoms with E-state index >= 15 is 0 Å². The van der Waals surface area contributed by atoms with Crippen LogP contribution >= 0.6 is 0 Å². The third-order valence-corrected chi connectivity index (χ3v) is 3.21. The fourth-order valence-electron chi connectivity index (χ4n) is 2.13. The molecule has 0 nitrogen and oxygen atoms in total. The van der Waals surface area contributed by atoms with Gasteiger partial charge in [0, 0.05) is 0 Å². The van der Waals surface area contributed by atoms with Crippen molar-refractivity contribution in [1.29, 1.82) is 0 Å². The van der Waals surface area contributed by atoms with Crippen LogP contribution in [0.1, 0.15) is 66.2 Å². The van der Waals surface area contributed by atoms with Gasteiger partial charge in [-0.25, -0.2) is 0 Å². The van der Waals surface area contributed by atoms with Crippen LogP contribution in [0.2, 0.25) is 0 Å². The van der Waals surface area contributed by atoms with Gasteiger partial charge in [0.05, 0.1) is 0 Å². The number of allylic oxidation sites excluding steroid dienone is 1. The Morgan fingerprint density at radius 3 is 2.29 bits per heavy atom. The van der Waals surface area contributed by atoms with Crippen LogP contribution in [-0.4, -0.2) is 0 Å². The van der Waals surface area contributed by atoms with E-state index < -0.39 is 0 Å². The van der Waals surface area contributed by atoms with Crippen molar-refractivity contribution < 1.29 is 0 Å². The summed E-state index contributed by atoms with van der Waals surface area (Å²) in [5, 5.41) is 0. The molecule has 0 N–H and O–H groups in total. The van der Waals surface area contributed by atoms with E-state index in [4.69, 9.17) is 0 Å². The first-order chi connectivity index (χ1) is 6.55. The minimum Gasteiger partial charge on any atom is -0.103 e. The molecular formula is C14H28. The van der Waals surface area contributed by atoms with E-state index in [9.17, 15) is 0 Å². The Hall–Kier alpha value is -0.260. The zero-order chi connectivity index (χ0) is 11.0. The lowest BCUT2D eigenvalue weighted by molar-refractivity contribution is 0.286. The molecule has 0 spiro atoms. The quantitative estimate of drug-likeness (QED) is 0.468. The number of hydrogen-bond donors (Lipinski definition) is 0. The van der Waals surface area contributed by atoms with Gasteiger partial charge in [-0.2, -0.15) is 0 Å². The second-order valence-corrected chi connectivity index (χ2v) is 5.21. The third kappa shape index (κ3) is 6.23. The zero-order valence-corrected chi connectivity index (χ0v) is 10.6. The van der Waals surface area contributed by atoms with Gasteiger partial charge in [-0.15, -0.1) is 6.58 Å². The highest BCUT2D eigenvalue weighted by Gasteiger charge is 2.16. The van der Waals surface area contributed by atoms with Gasteiger partial charge in [-0.3, -0.25) is 0 Å². The highest BCUT2D eigenvalue weighted by atomic mass is 14.2. The van der Waals surface area contributed by atoms with Gasteiger partial charge in [0.15, 0.2) is 0 Å². The Labute approximate surface area is 90.8 Å². The second kappa shape index (κ2) is 7.09. The molecule has 1 atom stereocenters. The van der Waals surface area contributed by atoms with E-state index in [1.807, 2.05) is 0 Å². The molecule has 0 heterocycles. The molecule has 0 aromatic heterocycles. The molecule has 0 rings (SSSR count). The highest BCUT2D eigenvalue weighted by Crippen LogP contribution is 2.29. The second-order valence-electron chi connectivity index (χ2n) is 5.21. The van der Waals surface area contributed by atoms with Gasteiger partial charge in [-0.05, 0) is 37.0 Å². The summed E-state index contributed by atoms with van der Waals surface area (Å²) in [5.41, 5.74) is 0.550. The molecule has 0 aliphatic carbocycles. The summed E-state index contributed by atoms with van der Waals surface area (Å²) in [5.74, 6) is 0.743. The first kappa shape index (κ1) is 13.7. The van der Waals surface area contributed by atoms with E-state index in [0.717, 1.165) is 5.92 Å². The maximum Gasteiger partial charge on any atom is -0.0239 e. The van der Waals surface area contributed by atoms with Crippen LogP contribution < -0.4 is 0 Å². The summed E-state index contributed by atoms with van der Waals surface area (Å²) in [7, 11) is 0. The van der Waals surface area contributed by atoms with Crippen LogP contribution in [0.15, 0.2) is 12.7 Å². The molecule has 1 unspecified atom stereocenters. The van der Waals surface area contributed by atoms with Gasteiger partial charge >= 0.3 is 0 Å². The average Bonchev–Trinajstić information content (AvgIpc) is 2.12. The van der Waals surface area contributed by atoms with Crippen molar-refractivity contribution in [2.75, 3.05) is 0 Å². The molecule has 0 aromatic rings. The minimum absolute atomic E-state index is 0.550. The maximum absolute atomic E-state index is 3.88. The lowest BCUT2D eigenvalue weighted by Gasteiger charge is -2.24. The zero-order valence-electron chi connectivity index (χ0n) is 10.6. The van der Waals surface area contributed by atoms with Crippen molar-refractivity contribution in [2.24, 2.45) is 11.3 Å². The van der Waals surface area contributed by atoms with E-state index in [-0.39, 0.29) is 0 Å². The van der Waals surface area contributed by atoms with Crippen LogP contribution in [0.25, 0.3) is 0 Å². The molecule has 14 heavy (non-hydrogen) atoms. The van der Waals surface area contributed by atoms with Gasteiger partial charge in [-0.1, -0.05) is 46.6 Å². The van der Waals surface area contributed by atoms with Crippen molar-refractivity contribution in [3.8, 4) is 0 Å². The maximum atomic E-state index is 3.88. The summed E-state index contributed by atoms with van der Waals surface area (Å²) in [4.78, 5) is 0. The molecule has 0 saturated heterocycles. The van der Waals surface area contributed by atoms with Crippen molar-refractivity contribution in [2.45, 2.75) is 66.2 Å². The van der Waals surface area contributed by atoms with E-state index in [0.29, 0.717) is 5.41 Å². The lowest BCUT2D eigenvalue weighted by Crippen LogP contribution is -2.11. The molecular weight excluding hydrogens is 168 g/mol. The molecule has 0 saturated carbocycles.